The summed E-state index contributed by atoms with van der Waals surface area (Å²) < 4.78 is 11.9. The van der Waals surface area contributed by atoms with Gasteiger partial charge in [-0.3, -0.25) is 0 Å². The van der Waals surface area contributed by atoms with Crippen LogP contribution in [-0.4, -0.2) is 30.7 Å². The van der Waals surface area contributed by atoms with E-state index in [-0.39, 0.29) is 0 Å². The Morgan fingerprint density at radius 1 is 1.04 bits per heavy atom. The zero-order valence-corrected chi connectivity index (χ0v) is 19.1. The number of allylic oxidation sites excluding steroid dienone is 2. The molecule has 1 heterocycles. The predicted molar refractivity (Wildman–Crippen MR) is 115 cm³/mol. The van der Waals surface area contributed by atoms with Gasteiger partial charge in [0.1, 0.15) is 0 Å². The lowest BCUT2D eigenvalue weighted by atomic mass is 9.45. The van der Waals surface area contributed by atoms with E-state index in [1.165, 1.54) is 56.9 Å². The van der Waals surface area contributed by atoms with Gasteiger partial charge in [-0.2, -0.15) is 0 Å². The highest BCUT2D eigenvalue weighted by Crippen LogP contribution is 2.63. The van der Waals surface area contributed by atoms with E-state index in [0.29, 0.717) is 35.2 Å². The van der Waals surface area contributed by atoms with Crippen molar-refractivity contribution in [2.75, 3.05) is 19.8 Å². The minimum absolute atomic E-state index is 0.332. The molecule has 3 heteroatoms. The van der Waals surface area contributed by atoms with Gasteiger partial charge in [0.2, 0.25) is 0 Å². The number of fused-ring (bicyclic) bond motifs is 1. The third-order valence-corrected chi connectivity index (χ3v) is 8.66. The smallest absolute Gasteiger partial charge is 0.165 e. The van der Waals surface area contributed by atoms with Crippen molar-refractivity contribution >= 4 is 0 Å². The molecule has 1 saturated heterocycles. The molecular formula is C25H44O3. The second-order valence-corrected chi connectivity index (χ2v) is 10.9. The molecule has 0 amide bonds. The van der Waals surface area contributed by atoms with Crippen molar-refractivity contribution in [2.45, 2.75) is 98.2 Å². The number of ether oxygens (including phenoxy) is 2. The maximum absolute atomic E-state index is 10.1. The second-order valence-electron chi connectivity index (χ2n) is 10.9. The molecule has 0 bridgehead atoms. The number of aliphatic hydroxyl groups excluding tert-OH is 1. The van der Waals surface area contributed by atoms with Crippen molar-refractivity contribution in [3.8, 4) is 0 Å². The van der Waals surface area contributed by atoms with Gasteiger partial charge in [-0.1, -0.05) is 31.9 Å². The van der Waals surface area contributed by atoms with Gasteiger partial charge in [-0.15, -0.1) is 0 Å². The lowest BCUT2D eigenvalue weighted by Gasteiger charge is -2.60. The van der Waals surface area contributed by atoms with Crippen LogP contribution in [0.15, 0.2) is 11.6 Å². The van der Waals surface area contributed by atoms with Crippen molar-refractivity contribution in [2.24, 2.45) is 28.6 Å². The number of rotatable bonds is 7. The molecule has 3 rings (SSSR count). The molecule has 0 aromatic heterocycles. The van der Waals surface area contributed by atoms with E-state index in [1.54, 1.807) is 0 Å². The van der Waals surface area contributed by atoms with E-state index in [2.05, 4.69) is 40.7 Å². The molecule has 0 spiro atoms. The van der Waals surface area contributed by atoms with E-state index in [9.17, 15) is 5.11 Å². The lowest BCUT2D eigenvalue weighted by Crippen LogP contribution is -2.53. The number of aliphatic hydroxyl groups is 1. The van der Waals surface area contributed by atoms with Crippen LogP contribution < -0.4 is 0 Å². The van der Waals surface area contributed by atoms with E-state index < -0.39 is 5.79 Å². The molecule has 0 aromatic carbocycles. The molecule has 2 aliphatic carbocycles. The van der Waals surface area contributed by atoms with E-state index in [1.807, 2.05) is 0 Å². The minimum Gasteiger partial charge on any atom is -0.396 e. The number of hydrogen-bond acceptors (Lipinski definition) is 3. The molecule has 3 aliphatic rings. The van der Waals surface area contributed by atoms with E-state index >= 15 is 0 Å². The molecule has 2 saturated carbocycles. The fourth-order valence-corrected chi connectivity index (χ4v) is 7.12. The van der Waals surface area contributed by atoms with E-state index in [4.69, 9.17) is 9.47 Å². The summed E-state index contributed by atoms with van der Waals surface area (Å²) in [6.45, 7) is 13.5. The molecule has 0 unspecified atom stereocenters. The maximum Gasteiger partial charge on any atom is 0.165 e. The number of hydrogen-bond donors (Lipinski definition) is 1. The summed E-state index contributed by atoms with van der Waals surface area (Å²) in [4.78, 5) is 0. The Labute approximate surface area is 173 Å². The van der Waals surface area contributed by atoms with Gasteiger partial charge in [0, 0.05) is 13.0 Å². The highest BCUT2D eigenvalue weighted by atomic mass is 16.7. The summed E-state index contributed by atoms with van der Waals surface area (Å²) >= 11 is 0. The Kier molecular flexibility index (Phi) is 6.99. The Morgan fingerprint density at radius 2 is 1.75 bits per heavy atom. The van der Waals surface area contributed by atoms with Gasteiger partial charge in [0.25, 0.3) is 0 Å². The molecule has 1 aliphatic heterocycles. The van der Waals surface area contributed by atoms with Crippen molar-refractivity contribution in [1.82, 2.24) is 0 Å². The third-order valence-electron chi connectivity index (χ3n) is 8.66. The summed E-state index contributed by atoms with van der Waals surface area (Å²) in [6, 6.07) is 0. The SMILES string of the molecule is CC(C)=CCC[C@@]1(C)CC[C@@H]2[C@H](CO)CCC[C@]2(C)[C@@H]1CCC1(C)OCCO1. The first-order chi connectivity index (χ1) is 13.2. The molecule has 28 heavy (non-hydrogen) atoms. The van der Waals surface area contributed by atoms with Crippen LogP contribution in [0.3, 0.4) is 0 Å². The molecule has 162 valence electrons. The minimum atomic E-state index is -0.394. The van der Waals surface area contributed by atoms with Gasteiger partial charge in [0.05, 0.1) is 13.2 Å². The first-order valence-corrected chi connectivity index (χ1v) is 11.7. The molecule has 0 radical (unpaired) electrons. The van der Waals surface area contributed by atoms with Crippen LogP contribution in [0.2, 0.25) is 0 Å². The van der Waals surface area contributed by atoms with Gasteiger partial charge in [-0.25, -0.2) is 0 Å². The molecule has 3 nitrogen and oxygen atoms in total. The fraction of sp³-hybridized carbons (Fsp3) is 0.920. The van der Waals surface area contributed by atoms with Crippen molar-refractivity contribution in [3.63, 3.8) is 0 Å². The quantitative estimate of drug-likeness (QED) is 0.531. The largest absolute Gasteiger partial charge is 0.396 e. The zero-order chi connectivity index (χ0) is 20.4. The lowest BCUT2D eigenvalue weighted by molar-refractivity contribution is -0.166. The summed E-state index contributed by atoms with van der Waals surface area (Å²) in [6.07, 6.45) is 13.4. The van der Waals surface area contributed by atoms with E-state index in [0.717, 1.165) is 19.6 Å². The summed E-state index contributed by atoms with van der Waals surface area (Å²) in [5.74, 6) is 1.45. The predicted octanol–water partition coefficient (Wildman–Crippen LogP) is 6.11. The fourth-order valence-electron chi connectivity index (χ4n) is 7.12. The molecular weight excluding hydrogens is 348 g/mol. The maximum atomic E-state index is 10.1. The average molecular weight is 393 g/mol. The summed E-state index contributed by atoms with van der Waals surface area (Å²) in [7, 11) is 0. The monoisotopic (exact) mass is 392 g/mol. The van der Waals surface area contributed by atoms with Crippen molar-refractivity contribution < 1.29 is 14.6 Å². The van der Waals surface area contributed by atoms with Crippen molar-refractivity contribution in [1.29, 1.82) is 0 Å². The van der Waals surface area contributed by atoms with Crippen LogP contribution >= 0.6 is 0 Å². The summed E-state index contributed by atoms with van der Waals surface area (Å²) in [5, 5.41) is 10.1. The van der Waals surface area contributed by atoms with Crippen LogP contribution in [0.1, 0.15) is 92.4 Å². The molecule has 1 N–H and O–H groups in total. The normalized spacial score (nSPS) is 40.1. The van der Waals surface area contributed by atoms with Gasteiger partial charge in [-0.05, 0) is 94.3 Å². The first-order valence-electron chi connectivity index (χ1n) is 11.7. The standard InChI is InChI=1S/C25H44O3/c1-19(2)8-6-12-23(3)14-10-21-20(18-26)9-7-13-24(21,4)22(23)11-15-25(5)27-16-17-28-25/h8,20-22,26H,6-7,9-18H2,1-5H3/t20-,21+,22+,23-,24-/m0/s1. The topological polar surface area (TPSA) is 38.7 Å². The molecule has 3 fully saturated rings. The van der Waals surface area contributed by atoms with Crippen LogP contribution in [0.25, 0.3) is 0 Å². The Morgan fingerprint density at radius 3 is 2.39 bits per heavy atom. The van der Waals surface area contributed by atoms with Gasteiger partial charge < -0.3 is 14.6 Å². The van der Waals surface area contributed by atoms with Crippen LogP contribution in [0.4, 0.5) is 0 Å². The highest BCUT2D eigenvalue weighted by molar-refractivity contribution is 5.06. The summed E-state index contributed by atoms with van der Waals surface area (Å²) in [5.41, 5.74) is 2.13. The molecule has 0 aromatic rings. The van der Waals surface area contributed by atoms with Crippen LogP contribution in [-0.2, 0) is 9.47 Å². The van der Waals surface area contributed by atoms with Crippen LogP contribution in [0, 0.1) is 28.6 Å². The van der Waals surface area contributed by atoms with Crippen LogP contribution in [0.5, 0.6) is 0 Å². The Balaban J connectivity index is 1.83. The Bertz CT molecular complexity index is 546. The second kappa shape index (κ2) is 8.78. The van der Waals surface area contributed by atoms with Gasteiger partial charge >= 0.3 is 0 Å². The average Bonchev–Trinajstić information content (AvgIpc) is 3.06. The molecule has 5 atom stereocenters. The van der Waals surface area contributed by atoms with Crippen molar-refractivity contribution in [3.05, 3.63) is 11.6 Å². The highest BCUT2D eigenvalue weighted by Gasteiger charge is 2.55. The first kappa shape index (κ1) is 22.3. The Hall–Kier alpha value is -0.380. The van der Waals surface area contributed by atoms with Gasteiger partial charge in [0.15, 0.2) is 5.79 Å². The third kappa shape index (κ3) is 4.52. The zero-order valence-electron chi connectivity index (χ0n) is 19.1.